The van der Waals surface area contributed by atoms with Crippen molar-refractivity contribution in [3.05, 3.63) is 23.1 Å². The van der Waals surface area contributed by atoms with Crippen LogP contribution in [0.3, 0.4) is 0 Å². The van der Waals surface area contributed by atoms with E-state index < -0.39 is 0 Å². The van der Waals surface area contributed by atoms with E-state index >= 15 is 0 Å². The summed E-state index contributed by atoms with van der Waals surface area (Å²) in [5.41, 5.74) is 6.71. The highest BCUT2D eigenvalue weighted by atomic mass is 16.5. The number of aryl methyl sites for hydroxylation is 2. The largest absolute Gasteiger partial charge is 0.383 e. The fourth-order valence-corrected chi connectivity index (χ4v) is 1.64. The van der Waals surface area contributed by atoms with Gasteiger partial charge in [0.25, 0.3) is 0 Å². The zero-order valence-corrected chi connectivity index (χ0v) is 11.4. The number of nitrogens with zero attached hydrogens (tertiary/aromatic N) is 4. The predicted octanol–water partition coefficient (Wildman–Crippen LogP) is 1.28. The molecule has 0 saturated carbocycles. The molecule has 0 bridgehead atoms. The second-order valence-corrected chi connectivity index (χ2v) is 4.26. The quantitative estimate of drug-likeness (QED) is 0.836. The Bertz CT molecular complexity index is 565. The zero-order chi connectivity index (χ0) is 13.8. The maximum absolute atomic E-state index is 5.85. The molecule has 0 aromatic carbocycles. The summed E-state index contributed by atoms with van der Waals surface area (Å²) in [4.78, 5) is 12.8. The summed E-state index contributed by atoms with van der Waals surface area (Å²) in [6.07, 6.45) is 1.40. The molecule has 0 aliphatic carbocycles. The fourth-order valence-electron chi connectivity index (χ4n) is 1.64. The van der Waals surface area contributed by atoms with Crippen molar-refractivity contribution in [3.63, 3.8) is 0 Å². The van der Waals surface area contributed by atoms with Gasteiger partial charge in [0.05, 0.1) is 0 Å². The Morgan fingerprint density at radius 2 is 2.00 bits per heavy atom. The van der Waals surface area contributed by atoms with Gasteiger partial charge in [0.1, 0.15) is 17.5 Å². The van der Waals surface area contributed by atoms with E-state index in [2.05, 4.69) is 25.4 Å². The number of rotatable bonds is 5. The van der Waals surface area contributed by atoms with Crippen molar-refractivity contribution in [2.24, 2.45) is 0 Å². The lowest BCUT2D eigenvalue weighted by Crippen LogP contribution is -2.11. The van der Waals surface area contributed by atoms with Crippen LogP contribution in [0, 0.1) is 13.8 Å². The molecule has 0 spiro atoms. The van der Waals surface area contributed by atoms with Gasteiger partial charge >= 0.3 is 0 Å². The molecule has 0 aliphatic rings. The number of nitrogens with two attached hydrogens (primary N) is 1. The minimum atomic E-state index is 0.517. The molecule has 0 amide bonds. The van der Waals surface area contributed by atoms with Crippen molar-refractivity contribution in [1.82, 2.24) is 20.1 Å². The average Bonchev–Trinajstić information content (AvgIpc) is 2.80. The molecule has 19 heavy (non-hydrogen) atoms. The minimum Gasteiger partial charge on any atom is -0.383 e. The maximum Gasteiger partial charge on any atom is 0.228 e. The molecular formula is C12H18N6O. The van der Waals surface area contributed by atoms with Gasteiger partial charge in [0.15, 0.2) is 5.82 Å². The summed E-state index contributed by atoms with van der Waals surface area (Å²) in [5, 5.41) is 6.97. The summed E-state index contributed by atoms with van der Waals surface area (Å²) in [7, 11) is 0. The molecule has 2 rings (SSSR count). The molecule has 2 aromatic rings. The van der Waals surface area contributed by atoms with Gasteiger partial charge in [-0.25, -0.2) is 9.97 Å². The number of hydrogen-bond donors (Lipinski definition) is 2. The molecule has 2 heterocycles. The van der Waals surface area contributed by atoms with Gasteiger partial charge < -0.3 is 15.6 Å². The molecule has 3 N–H and O–H groups in total. The van der Waals surface area contributed by atoms with Crippen molar-refractivity contribution in [1.29, 1.82) is 0 Å². The molecule has 102 valence electrons. The number of hydrogen-bond acceptors (Lipinski definition) is 7. The topological polar surface area (TPSA) is 103 Å². The van der Waals surface area contributed by atoms with Crippen molar-refractivity contribution < 1.29 is 4.52 Å². The highest BCUT2D eigenvalue weighted by Gasteiger charge is 2.08. The van der Waals surface area contributed by atoms with Gasteiger partial charge in [-0.1, -0.05) is 12.1 Å². The number of anilines is 2. The summed E-state index contributed by atoms with van der Waals surface area (Å²) < 4.78 is 5.04. The van der Waals surface area contributed by atoms with Crippen LogP contribution in [-0.2, 0) is 12.8 Å². The molecule has 0 saturated heterocycles. The second kappa shape index (κ2) is 5.64. The van der Waals surface area contributed by atoms with E-state index in [9.17, 15) is 0 Å². The van der Waals surface area contributed by atoms with E-state index in [-0.39, 0.29) is 0 Å². The summed E-state index contributed by atoms with van der Waals surface area (Å²) in [6.45, 7) is 6.34. The predicted molar refractivity (Wildman–Crippen MR) is 71.8 cm³/mol. The zero-order valence-electron chi connectivity index (χ0n) is 11.4. The third kappa shape index (κ3) is 3.18. The van der Waals surface area contributed by atoms with Crippen molar-refractivity contribution >= 4 is 11.6 Å². The third-order valence-electron chi connectivity index (χ3n) is 2.75. The first kappa shape index (κ1) is 13.3. The van der Waals surface area contributed by atoms with Gasteiger partial charge in [-0.3, -0.25) is 0 Å². The Hall–Kier alpha value is -2.18. The normalized spacial score (nSPS) is 10.7. The summed E-state index contributed by atoms with van der Waals surface area (Å²) in [5.74, 6) is 3.27. The van der Waals surface area contributed by atoms with E-state index in [0.717, 1.165) is 23.6 Å². The van der Waals surface area contributed by atoms with Gasteiger partial charge in [0.2, 0.25) is 5.89 Å². The Morgan fingerprint density at radius 3 is 2.63 bits per heavy atom. The molecule has 0 aliphatic heterocycles. The molecular weight excluding hydrogens is 244 g/mol. The van der Waals surface area contributed by atoms with Crippen molar-refractivity contribution in [2.45, 2.75) is 33.6 Å². The van der Waals surface area contributed by atoms with Crippen LogP contribution < -0.4 is 11.1 Å². The number of nitrogen functional groups attached to an aromatic ring is 1. The lowest BCUT2D eigenvalue weighted by Gasteiger charge is -2.10. The van der Waals surface area contributed by atoms with Crippen LogP contribution >= 0.6 is 0 Å². The van der Waals surface area contributed by atoms with Gasteiger partial charge in [-0.2, -0.15) is 4.98 Å². The Kier molecular flexibility index (Phi) is 3.94. The molecule has 0 fully saturated rings. The lowest BCUT2D eigenvalue weighted by molar-refractivity contribution is 0.377. The van der Waals surface area contributed by atoms with Crippen LogP contribution in [0.5, 0.6) is 0 Å². The van der Waals surface area contributed by atoms with Crippen molar-refractivity contribution in [2.75, 3.05) is 17.6 Å². The van der Waals surface area contributed by atoms with Crippen LogP contribution in [-0.4, -0.2) is 26.7 Å². The molecule has 0 atom stereocenters. The van der Waals surface area contributed by atoms with E-state index in [1.54, 1.807) is 6.92 Å². The van der Waals surface area contributed by atoms with Crippen LogP contribution in [0.1, 0.15) is 30.0 Å². The molecule has 7 heteroatoms. The summed E-state index contributed by atoms with van der Waals surface area (Å²) in [6, 6.07) is 0. The van der Waals surface area contributed by atoms with E-state index in [1.807, 2.05) is 13.8 Å². The molecule has 7 nitrogen and oxygen atoms in total. The monoisotopic (exact) mass is 262 g/mol. The Morgan fingerprint density at radius 1 is 1.21 bits per heavy atom. The first-order valence-electron chi connectivity index (χ1n) is 6.26. The minimum absolute atomic E-state index is 0.517. The number of nitrogens with one attached hydrogen (secondary N) is 1. The van der Waals surface area contributed by atoms with Crippen molar-refractivity contribution in [3.8, 4) is 0 Å². The van der Waals surface area contributed by atoms with Gasteiger partial charge in [0, 0.05) is 24.9 Å². The highest BCUT2D eigenvalue weighted by molar-refractivity contribution is 5.54. The Balaban J connectivity index is 2.01. The van der Waals surface area contributed by atoms with E-state index in [4.69, 9.17) is 10.3 Å². The summed E-state index contributed by atoms with van der Waals surface area (Å²) >= 11 is 0. The van der Waals surface area contributed by atoms with E-state index in [1.165, 1.54) is 0 Å². The smallest absolute Gasteiger partial charge is 0.228 e. The number of aromatic nitrogens is 4. The van der Waals surface area contributed by atoms with Crippen LogP contribution in [0.25, 0.3) is 0 Å². The maximum atomic E-state index is 5.85. The molecule has 2 aromatic heterocycles. The molecule has 0 radical (unpaired) electrons. The third-order valence-corrected chi connectivity index (χ3v) is 2.75. The Labute approximate surface area is 111 Å². The molecule has 0 unspecified atom stereocenters. The van der Waals surface area contributed by atoms with Gasteiger partial charge in [-0.15, -0.1) is 0 Å². The van der Waals surface area contributed by atoms with Crippen LogP contribution in [0.2, 0.25) is 0 Å². The van der Waals surface area contributed by atoms with Crippen LogP contribution in [0.4, 0.5) is 11.6 Å². The highest BCUT2D eigenvalue weighted by Crippen LogP contribution is 2.17. The first-order chi connectivity index (χ1) is 9.10. The van der Waals surface area contributed by atoms with Crippen LogP contribution in [0.15, 0.2) is 4.52 Å². The average molecular weight is 262 g/mol. The second-order valence-electron chi connectivity index (χ2n) is 4.26. The lowest BCUT2D eigenvalue weighted by atomic mass is 10.3. The standard InChI is InChI=1S/C12H18N6O/c1-4-9-16-11(13)7(2)12(17-9)14-6-5-10-15-8(3)18-19-10/h4-6H2,1-3H3,(H3,13,14,16,17). The fraction of sp³-hybridized carbons (Fsp3) is 0.500. The van der Waals surface area contributed by atoms with E-state index in [0.29, 0.717) is 30.5 Å². The first-order valence-corrected chi connectivity index (χ1v) is 6.26. The van der Waals surface area contributed by atoms with Gasteiger partial charge in [-0.05, 0) is 13.8 Å². The SMILES string of the molecule is CCc1nc(N)c(C)c(NCCc2nc(C)no2)n1.